The zero-order chi connectivity index (χ0) is 33.9. The first-order valence-corrected chi connectivity index (χ1v) is 20.4. The molecular formula is C46H31IN4. The summed E-state index contributed by atoms with van der Waals surface area (Å²) < 4.78 is 4.05. The van der Waals surface area contributed by atoms with Crippen LogP contribution >= 0.6 is 19.8 Å². The Balaban J connectivity index is 1.11. The van der Waals surface area contributed by atoms with E-state index in [1.54, 1.807) is 0 Å². The number of benzene rings is 6. The van der Waals surface area contributed by atoms with Crippen LogP contribution in [0.3, 0.4) is 0 Å². The van der Waals surface area contributed by atoms with E-state index >= 15 is 0 Å². The quantitative estimate of drug-likeness (QED) is 0.129. The average Bonchev–Trinajstić information content (AvgIpc) is 3.67. The molecule has 8 aromatic rings. The Morgan fingerprint density at radius 1 is 0.431 bits per heavy atom. The Bertz CT molecular complexity index is 2530. The molecule has 1 aliphatic carbocycles. The van der Waals surface area contributed by atoms with Gasteiger partial charge in [0.15, 0.2) is 0 Å². The predicted octanol–water partition coefficient (Wildman–Crippen LogP) is 11.0. The summed E-state index contributed by atoms with van der Waals surface area (Å²) in [5.41, 5.74) is 12.0. The summed E-state index contributed by atoms with van der Waals surface area (Å²) in [6, 6.07) is 58.5. The monoisotopic (exact) mass is 766 g/mol. The van der Waals surface area contributed by atoms with Crippen molar-refractivity contribution < 1.29 is 0 Å². The van der Waals surface area contributed by atoms with Gasteiger partial charge in [0.1, 0.15) is 0 Å². The Labute approximate surface area is 304 Å². The van der Waals surface area contributed by atoms with Crippen LogP contribution in [0.1, 0.15) is 23.6 Å². The van der Waals surface area contributed by atoms with Gasteiger partial charge in [0, 0.05) is 0 Å². The number of nitrogens with zero attached hydrogens (tertiary/aromatic N) is 4. The van der Waals surface area contributed by atoms with E-state index in [4.69, 9.17) is 19.9 Å². The second-order valence-corrected chi connectivity index (χ2v) is 18.1. The van der Waals surface area contributed by atoms with E-state index in [0.29, 0.717) is 17.5 Å². The van der Waals surface area contributed by atoms with Gasteiger partial charge < -0.3 is 0 Å². The van der Waals surface area contributed by atoms with E-state index in [0.717, 1.165) is 20.4 Å². The van der Waals surface area contributed by atoms with Crippen molar-refractivity contribution in [3.05, 3.63) is 198 Å². The maximum absolute atomic E-state index is 5.24. The topological polar surface area (TPSA) is 51.6 Å². The van der Waals surface area contributed by atoms with Crippen LogP contribution in [-0.2, 0) is 5.41 Å². The molecule has 0 spiro atoms. The summed E-state index contributed by atoms with van der Waals surface area (Å²) in [6.07, 6.45) is 1.96. The summed E-state index contributed by atoms with van der Waals surface area (Å²) >= 11 is -2.16. The number of pyridine rings is 1. The zero-order valence-electron chi connectivity index (χ0n) is 27.8. The van der Waals surface area contributed by atoms with E-state index in [9.17, 15) is 0 Å². The fourth-order valence-electron chi connectivity index (χ4n) is 7.67. The number of fused-ring (bicyclic) bond motifs is 6. The molecule has 5 heteroatoms. The first-order chi connectivity index (χ1) is 25.2. The molecule has 1 atom stereocenters. The number of hydrogen-bond donors (Lipinski definition) is 0. The molecule has 0 fully saturated rings. The van der Waals surface area contributed by atoms with E-state index in [1.165, 1.54) is 46.1 Å². The van der Waals surface area contributed by atoms with Gasteiger partial charge in [-0.15, -0.1) is 0 Å². The van der Waals surface area contributed by atoms with Crippen molar-refractivity contribution in [3.63, 3.8) is 0 Å². The molecule has 0 amide bonds. The van der Waals surface area contributed by atoms with Gasteiger partial charge in [-0.1, -0.05) is 0 Å². The molecule has 0 saturated carbocycles. The SMILES string of the molecule is CC1(c2ccccc2)c2ccccc2-c2cc3c(cc21)I(c1ccc(-c2nc(-c4ccccc4)nc(-c4ccccc4)n2)cn1)c1ccccc1-3. The second kappa shape index (κ2) is 11.9. The minimum atomic E-state index is -2.16. The summed E-state index contributed by atoms with van der Waals surface area (Å²) in [4.78, 5) is 20.0. The van der Waals surface area contributed by atoms with Gasteiger partial charge in [0.2, 0.25) is 0 Å². The third kappa shape index (κ3) is 4.79. The van der Waals surface area contributed by atoms with E-state index in [-0.39, 0.29) is 5.41 Å². The molecule has 1 unspecified atom stereocenters. The number of halogens is 1. The summed E-state index contributed by atoms with van der Waals surface area (Å²) in [7, 11) is 0. The van der Waals surface area contributed by atoms with Crippen molar-refractivity contribution in [2.75, 3.05) is 0 Å². The average molecular weight is 767 g/mol. The Morgan fingerprint density at radius 2 is 1.00 bits per heavy atom. The normalized spacial score (nSPS) is 15.9. The molecule has 51 heavy (non-hydrogen) atoms. The van der Waals surface area contributed by atoms with Crippen molar-refractivity contribution in [2.45, 2.75) is 12.3 Å². The van der Waals surface area contributed by atoms with Crippen LogP contribution in [0.25, 0.3) is 56.4 Å². The minimum absolute atomic E-state index is 0.248. The van der Waals surface area contributed by atoms with E-state index in [2.05, 4.69) is 110 Å². The van der Waals surface area contributed by atoms with Crippen molar-refractivity contribution in [2.24, 2.45) is 0 Å². The van der Waals surface area contributed by atoms with Crippen LogP contribution in [-0.4, -0.2) is 19.9 Å². The third-order valence-electron chi connectivity index (χ3n) is 10.2. The van der Waals surface area contributed by atoms with Gasteiger partial charge in [-0.2, -0.15) is 0 Å². The van der Waals surface area contributed by atoms with Gasteiger partial charge in [-0.05, 0) is 0 Å². The number of aromatic nitrogens is 4. The predicted molar refractivity (Wildman–Crippen MR) is 213 cm³/mol. The van der Waals surface area contributed by atoms with Gasteiger partial charge in [0.05, 0.1) is 0 Å². The first kappa shape index (κ1) is 30.1. The van der Waals surface area contributed by atoms with Crippen molar-refractivity contribution in [3.8, 4) is 56.4 Å². The summed E-state index contributed by atoms with van der Waals surface area (Å²) in [5, 5.41) is 0. The molecule has 6 aromatic carbocycles. The standard InChI is InChI=1S/C46H31IN4/c1-46(33-19-9-4-10-20-33)38-23-13-11-21-34(38)36-27-37-35-22-12-14-24-40(35)47(41(37)28-39(36)46)42-26-25-32(29-48-42)45-50-43(30-15-5-2-6-16-30)49-44(51-45)31-17-7-3-8-18-31/h2-29H,1H3. The summed E-state index contributed by atoms with van der Waals surface area (Å²) in [5.74, 6) is 1.91. The zero-order valence-corrected chi connectivity index (χ0v) is 30.0. The van der Waals surface area contributed by atoms with Crippen LogP contribution in [0, 0.1) is 10.8 Å². The first-order valence-electron chi connectivity index (χ1n) is 17.1. The van der Waals surface area contributed by atoms with E-state index in [1.807, 2.05) is 66.9 Å². The van der Waals surface area contributed by atoms with Gasteiger partial charge in [-0.3, -0.25) is 0 Å². The molecule has 242 valence electrons. The fourth-order valence-corrected chi connectivity index (χ4v) is 13.7. The molecule has 0 bridgehead atoms. The molecule has 0 radical (unpaired) electrons. The molecule has 2 aliphatic rings. The molecule has 4 nitrogen and oxygen atoms in total. The Morgan fingerprint density at radius 3 is 1.65 bits per heavy atom. The maximum atomic E-state index is 5.24. The number of rotatable bonds is 5. The van der Waals surface area contributed by atoms with Gasteiger partial charge >= 0.3 is 306 Å². The summed E-state index contributed by atoms with van der Waals surface area (Å²) in [6.45, 7) is 2.40. The third-order valence-corrected chi connectivity index (χ3v) is 16.1. The Kier molecular flexibility index (Phi) is 7.03. The van der Waals surface area contributed by atoms with Gasteiger partial charge in [0.25, 0.3) is 0 Å². The molecule has 3 heterocycles. The molecule has 10 rings (SSSR count). The van der Waals surface area contributed by atoms with Gasteiger partial charge in [-0.25, -0.2) is 0 Å². The molecule has 2 aromatic heterocycles. The molecule has 0 N–H and O–H groups in total. The molecule has 1 aliphatic heterocycles. The second-order valence-electron chi connectivity index (χ2n) is 13.1. The van der Waals surface area contributed by atoms with Crippen LogP contribution in [0.4, 0.5) is 0 Å². The van der Waals surface area contributed by atoms with Crippen molar-refractivity contribution >= 4 is 19.8 Å². The van der Waals surface area contributed by atoms with Crippen LogP contribution in [0.2, 0.25) is 0 Å². The number of hydrogen-bond acceptors (Lipinski definition) is 4. The van der Waals surface area contributed by atoms with Crippen molar-refractivity contribution in [1.82, 2.24) is 19.9 Å². The van der Waals surface area contributed by atoms with Crippen LogP contribution in [0.15, 0.2) is 170 Å². The van der Waals surface area contributed by atoms with Crippen molar-refractivity contribution in [1.29, 1.82) is 0 Å². The molecule has 0 saturated heterocycles. The fraction of sp³-hybridized carbons (Fsp3) is 0.0435. The van der Waals surface area contributed by atoms with Crippen LogP contribution < -0.4 is 0 Å². The molecular weight excluding hydrogens is 735 g/mol. The van der Waals surface area contributed by atoms with E-state index < -0.39 is 19.8 Å². The Hall–Kier alpha value is -5.79. The van der Waals surface area contributed by atoms with Crippen LogP contribution in [0.5, 0.6) is 0 Å².